The maximum atomic E-state index is 12.4. The van der Waals surface area contributed by atoms with Gasteiger partial charge in [-0.1, -0.05) is 13.8 Å². The van der Waals surface area contributed by atoms with Crippen molar-refractivity contribution < 1.29 is 8.78 Å². The minimum absolute atomic E-state index is 0.0987. The summed E-state index contributed by atoms with van der Waals surface area (Å²) in [6.45, 7) is 10.4. The first-order valence-corrected chi connectivity index (χ1v) is 7.42. The molecule has 1 aliphatic heterocycles. The van der Waals surface area contributed by atoms with Crippen LogP contribution in [0.4, 0.5) is 8.78 Å². The summed E-state index contributed by atoms with van der Waals surface area (Å²) in [5.41, 5.74) is -0.0987. The van der Waals surface area contributed by atoms with Crippen LogP contribution in [-0.2, 0) is 0 Å². The average molecular weight is 285 g/mol. The molecule has 1 aromatic heterocycles. The summed E-state index contributed by atoms with van der Waals surface area (Å²) >= 11 is 0. The van der Waals surface area contributed by atoms with Crippen LogP contribution in [0.15, 0.2) is 12.4 Å². The Labute approximate surface area is 120 Å². The van der Waals surface area contributed by atoms with Gasteiger partial charge < -0.3 is 4.90 Å². The second-order valence-electron chi connectivity index (χ2n) is 5.08. The number of alkyl halides is 2. The van der Waals surface area contributed by atoms with Crippen molar-refractivity contribution in [2.24, 2.45) is 0 Å². The van der Waals surface area contributed by atoms with Gasteiger partial charge in [0.15, 0.2) is 0 Å². The molecule has 20 heavy (non-hydrogen) atoms. The minimum Gasteiger partial charge on any atom is -0.301 e. The van der Waals surface area contributed by atoms with Crippen LogP contribution >= 0.6 is 0 Å². The van der Waals surface area contributed by atoms with Gasteiger partial charge in [-0.25, -0.2) is 18.7 Å². The molecule has 1 saturated heterocycles. The standard InChI is InChI=1S/C13H19F2N3.C2H6/c1-9(2)18-5-3-10(4-6-18)13-16-7-11(8-17-13)12(14)15;1-2/h7-10,12H,3-6H2,1-2H3;1-2H3. The smallest absolute Gasteiger partial charge is 0.266 e. The summed E-state index contributed by atoms with van der Waals surface area (Å²) in [4.78, 5) is 10.6. The van der Waals surface area contributed by atoms with Gasteiger partial charge in [0.1, 0.15) is 5.82 Å². The Morgan fingerprint density at radius 2 is 1.60 bits per heavy atom. The van der Waals surface area contributed by atoms with E-state index in [1.54, 1.807) is 0 Å². The van der Waals surface area contributed by atoms with Crippen LogP contribution in [0.3, 0.4) is 0 Å². The number of hydrogen-bond donors (Lipinski definition) is 0. The summed E-state index contributed by atoms with van der Waals surface area (Å²) in [6, 6.07) is 0.563. The van der Waals surface area contributed by atoms with E-state index in [1.165, 1.54) is 12.4 Å². The Balaban J connectivity index is 0.000000956. The zero-order valence-electron chi connectivity index (χ0n) is 12.8. The third-order valence-corrected chi connectivity index (χ3v) is 3.57. The highest BCUT2D eigenvalue weighted by molar-refractivity contribution is 5.09. The van der Waals surface area contributed by atoms with E-state index < -0.39 is 6.43 Å². The first-order valence-electron chi connectivity index (χ1n) is 7.42. The van der Waals surface area contributed by atoms with E-state index >= 15 is 0 Å². The van der Waals surface area contributed by atoms with Gasteiger partial charge in [0, 0.05) is 24.4 Å². The fraction of sp³-hybridized carbons (Fsp3) is 0.733. The minimum atomic E-state index is -2.48. The number of rotatable bonds is 3. The van der Waals surface area contributed by atoms with Crippen molar-refractivity contribution in [1.82, 2.24) is 14.9 Å². The van der Waals surface area contributed by atoms with E-state index in [0.717, 1.165) is 25.9 Å². The lowest BCUT2D eigenvalue weighted by Crippen LogP contribution is -2.38. The van der Waals surface area contributed by atoms with Crippen molar-refractivity contribution in [1.29, 1.82) is 0 Å². The van der Waals surface area contributed by atoms with E-state index in [2.05, 4.69) is 28.7 Å². The van der Waals surface area contributed by atoms with Crippen molar-refractivity contribution >= 4 is 0 Å². The molecule has 0 bridgehead atoms. The number of halogens is 2. The van der Waals surface area contributed by atoms with E-state index in [4.69, 9.17) is 0 Å². The maximum Gasteiger partial charge on any atom is 0.266 e. The Hall–Kier alpha value is -1.10. The van der Waals surface area contributed by atoms with E-state index in [0.29, 0.717) is 17.8 Å². The van der Waals surface area contributed by atoms with Gasteiger partial charge in [-0.15, -0.1) is 0 Å². The number of likely N-dealkylation sites (tertiary alicyclic amines) is 1. The highest BCUT2D eigenvalue weighted by atomic mass is 19.3. The molecule has 0 aromatic carbocycles. The lowest BCUT2D eigenvalue weighted by atomic mass is 9.95. The molecule has 2 rings (SSSR count). The van der Waals surface area contributed by atoms with Gasteiger partial charge in [-0.2, -0.15) is 0 Å². The molecule has 0 atom stereocenters. The molecule has 3 nitrogen and oxygen atoms in total. The van der Waals surface area contributed by atoms with Gasteiger partial charge in [-0.3, -0.25) is 0 Å². The van der Waals surface area contributed by atoms with Crippen LogP contribution in [-0.4, -0.2) is 34.0 Å². The van der Waals surface area contributed by atoms with Gasteiger partial charge >= 0.3 is 0 Å². The van der Waals surface area contributed by atoms with Crippen molar-refractivity contribution in [3.05, 3.63) is 23.8 Å². The predicted octanol–water partition coefficient (Wildman–Crippen LogP) is 4.03. The Bertz CT molecular complexity index is 371. The molecule has 2 heterocycles. The topological polar surface area (TPSA) is 29.0 Å². The molecule has 0 radical (unpaired) electrons. The number of nitrogens with zero attached hydrogens (tertiary/aromatic N) is 3. The van der Waals surface area contributed by atoms with Crippen LogP contribution in [0.25, 0.3) is 0 Å². The first-order chi connectivity index (χ1) is 9.58. The molecular formula is C15H25F2N3. The second-order valence-corrected chi connectivity index (χ2v) is 5.08. The van der Waals surface area contributed by atoms with Crippen LogP contribution < -0.4 is 0 Å². The molecular weight excluding hydrogens is 260 g/mol. The van der Waals surface area contributed by atoms with Crippen LogP contribution in [0.1, 0.15) is 64.3 Å². The highest BCUT2D eigenvalue weighted by Crippen LogP contribution is 2.27. The fourth-order valence-electron chi connectivity index (χ4n) is 2.35. The SMILES string of the molecule is CC.CC(C)N1CCC(c2ncc(C(F)F)cn2)CC1. The molecule has 0 unspecified atom stereocenters. The summed E-state index contributed by atoms with van der Waals surface area (Å²) in [5, 5.41) is 0. The number of hydrogen-bond acceptors (Lipinski definition) is 3. The zero-order valence-corrected chi connectivity index (χ0v) is 12.8. The van der Waals surface area contributed by atoms with Crippen LogP contribution in [0.5, 0.6) is 0 Å². The van der Waals surface area contributed by atoms with E-state index in [9.17, 15) is 8.78 Å². The molecule has 114 valence electrons. The quantitative estimate of drug-likeness (QED) is 0.839. The highest BCUT2D eigenvalue weighted by Gasteiger charge is 2.24. The Kier molecular flexibility index (Phi) is 6.99. The molecule has 0 aliphatic carbocycles. The van der Waals surface area contributed by atoms with Gasteiger partial charge in [0.25, 0.3) is 6.43 Å². The lowest BCUT2D eigenvalue weighted by molar-refractivity contribution is 0.150. The Morgan fingerprint density at radius 3 is 2.00 bits per heavy atom. The monoisotopic (exact) mass is 285 g/mol. The largest absolute Gasteiger partial charge is 0.301 e. The second kappa shape index (κ2) is 8.25. The molecule has 0 spiro atoms. The molecule has 0 amide bonds. The number of piperidine rings is 1. The van der Waals surface area contributed by atoms with E-state index in [1.807, 2.05) is 13.8 Å². The summed E-state index contributed by atoms with van der Waals surface area (Å²) in [5.74, 6) is 1.02. The summed E-state index contributed by atoms with van der Waals surface area (Å²) < 4.78 is 24.8. The van der Waals surface area contributed by atoms with Crippen molar-refractivity contribution in [3.63, 3.8) is 0 Å². The first kappa shape index (κ1) is 17.0. The van der Waals surface area contributed by atoms with Gasteiger partial charge in [-0.05, 0) is 39.8 Å². The lowest BCUT2D eigenvalue weighted by Gasteiger charge is -2.33. The summed E-state index contributed by atoms with van der Waals surface area (Å²) in [7, 11) is 0. The molecule has 1 fully saturated rings. The predicted molar refractivity (Wildman–Crippen MR) is 77.0 cm³/mol. The molecule has 5 heteroatoms. The number of aromatic nitrogens is 2. The summed E-state index contributed by atoms with van der Waals surface area (Å²) in [6.07, 6.45) is 2.03. The fourth-order valence-corrected chi connectivity index (χ4v) is 2.35. The van der Waals surface area contributed by atoms with Crippen molar-refractivity contribution in [2.75, 3.05) is 13.1 Å². The van der Waals surface area contributed by atoms with Crippen molar-refractivity contribution in [3.8, 4) is 0 Å². The third kappa shape index (κ3) is 4.47. The molecule has 1 aromatic rings. The van der Waals surface area contributed by atoms with Crippen LogP contribution in [0.2, 0.25) is 0 Å². The van der Waals surface area contributed by atoms with E-state index in [-0.39, 0.29) is 5.56 Å². The van der Waals surface area contributed by atoms with Gasteiger partial charge in [0.2, 0.25) is 0 Å². The Morgan fingerprint density at radius 1 is 1.10 bits per heavy atom. The normalized spacial score (nSPS) is 17.2. The van der Waals surface area contributed by atoms with Gasteiger partial charge in [0.05, 0.1) is 5.56 Å². The third-order valence-electron chi connectivity index (χ3n) is 3.57. The zero-order chi connectivity index (χ0) is 15.1. The maximum absolute atomic E-state index is 12.4. The average Bonchev–Trinajstić information content (AvgIpc) is 2.49. The van der Waals surface area contributed by atoms with Crippen LogP contribution in [0, 0.1) is 0 Å². The molecule has 0 saturated carbocycles. The molecule has 0 N–H and O–H groups in total. The molecule has 1 aliphatic rings. The van der Waals surface area contributed by atoms with Crippen molar-refractivity contribution in [2.45, 2.75) is 58.9 Å².